The van der Waals surface area contributed by atoms with Gasteiger partial charge in [0.05, 0.1) is 6.61 Å². The maximum Gasteiger partial charge on any atom is 0.119 e. The zero-order valence-corrected chi connectivity index (χ0v) is 9.24. The van der Waals surface area contributed by atoms with Crippen LogP contribution in [0, 0.1) is 0 Å². The van der Waals surface area contributed by atoms with Crippen molar-refractivity contribution in [1.82, 2.24) is 0 Å². The van der Waals surface area contributed by atoms with Gasteiger partial charge < -0.3 is 15.2 Å². The van der Waals surface area contributed by atoms with Crippen LogP contribution in [0.1, 0.15) is 18.4 Å². The van der Waals surface area contributed by atoms with E-state index in [9.17, 15) is 0 Å². The monoisotopic (exact) mass is 209 g/mol. The summed E-state index contributed by atoms with van der Waals surface area (Å²) in [5.41, 5.74) is 6.64. The van der Waals surface area contributed by atoms with E-state index in [2.05, 4.69) is 0 Å². The molecule has 0 aliphatic rings. The molecule has 1 rings (SSSR count). The minimum atomic E-state index is 0.556. The van der Waals surface area contributed by atoms with Gasteiger partial charge in [0.25, 0.3) is 0 Å². The molecule has 3 heteroatoms. The highest BCUT2D eigenvalue weighted by atomic mass is 16.5. The Morgan fingerprint density at radius 1 is 1.20 bits per heavy atom. The van der Waals surface area contributed by atoms with Gasteiger partial charge in [0.15, 0.2) is 0 Å². The van der Waals surface area contributed by atoms with Gasteiger partial charge in [0, 0.05) is 20.3 Å². The molecule has 1 aromatic carbocycles. The topological polar surface area (TPSA) is 44.5 Å². The van der Waals surface area contributed by atoms with Crippen molar-refractivity contribution in [3.63, 3.8) is 0 Å². The van der Waals surface area contributed by atoms with Crippen LogP contribution in [0.3, 0.4) is 0 Å². The fourth-order valence-corrected chi connectivity index (χ4v) is 1.30. The molecular formula is C12H19NO2. The molecule has 84 valence electrons. The summed E-state index contributed by atoms with van der Waals surface area (Å²) in [6.45, 7) is 2.09. The summed E-state index contributed by atoms with van der Waals surface area (Å²) >= 11 is 0. The summed E-state index contributed by atoms with van der Waals surface area (Å²) in [4.78, 5) is 0. The first kappa shape index (κ1) is 12.0. The largest absolute Gasteiger partial charge is 0.494 e. The Bertz CT molecular complexity index is 276. The summed E-state index contributed by atoms with van der Waals surface area (Å²) in [6.07, 6.45) is 2.05. The SMILES string of the molecule is COCCCCOc1cccc(CN)c1. The third kappa shape index (κ3) is 4.81. The molecule has 0 bridgehead atoms. The number of nitrogens with two attached hydrogens (primary N) is 1. The van der Waals surface area contributed by atoms with E-state index >= 15 is 0 Å². The van der Waals surface area contributed by atoms with E-state index in [-0.39, 0.29) is 0 Å². The number of hydrogen-bond donors (Lipinski definition) is 1. The van der Waals surface area contributed by atoms with Gasteiger partial charge in [-0.2, -0.15) is 0 Å². The van der Waals surface area contributed by atoms with Crippen LogP contribution in [0.15, 0.2) is 24.3 Å². The normalized spacial score (nSPS) is 10.3. The predicted octanol–water partition coefficient (Wildman–Crippen LogP) is 1.95. The number of unbranched alkanes of at least 4 members (excludes halogenated alkanes) is 1. The van der Waals surface area contributed by atoms with Gasteiger partial charge in [0.1, 0.15) is 5.75 Å². The molecule has 15 heavy (non-hydrogen) atoms. The molecule has 0 saturated heterocycles. The van der Waals surface area contributed by atoms with E-state index in [1.54, 1.807) is 7.11 Å². The van der Waals surface area contributed by atoms with Crippen molar-refractivity contribution < 1.29 is 9.47 Å². The highest BCUT2D eigenvalue weighted by molar-refractivity contribution is 5.28. The molecule has 0 radical (unpaired) electrons. The maximum atomic E-state index is 5.58. The standard InChI is InChI=1S/C12H19NO2/c1-14-7-2-3-8-15-12-6-4-5-11(9-12)10-13/h4-6,9H,2-3,7-8,10,13H2,1H3. The third-order valence-electron chi connectivity index (χ3n) is 2.15. The Labute approximate surface area is 91.2 Å². The van der Waals surface area contributed by atoms with Crippen LogP contribution in [0.4, 0.5) is 0 Å². The second-order valence-corrected chi connectivity index (χ2v) is 3.40. The Morgan fingerprint density at radius 3 is 2.73 bits per heavy atom. The first-order valence-corrected chi connectivity index (χ1v) is 5.27. The lowest BCUT2D eigenvalue weighted by Crippen LogP contribution is -2.01. The molecule has 1 aromatic rings. The molecule has 0 saturated carbocycles. The second-order valence-electron chi connectivity index (χ2n) is 3.40. The van der Waals surface area contributed by atoms with Gasteiger partial charge in [-0.05, 0) is 30.5 Å². The van der Waals surface area contributed by atoms with E-state index in [1.807, 2.05) is 24.3 Å². The van der Waals surface area contributed by atoms with Crippen molar-refractivity contribution in [2.75, 3.05) is 20.3 Å². The van der Waals surface area contributed by atoms with Crippen molar-refractivity contribution in [3.8, 4) is 5.75 Å². The predicted molar refractivity (Wildman–Crippen MR) is 60.9 cm³/mol. The molecule has 0 fully saturated rings. The third-order valence-corrected chi connectivity index (χ3v) is 2.15. The van der Waals surface area contributed by atoms with Crippen LogP contribution in [0.25, 0.3) is 0 Å². The first-order chi connectivity index (χ1) is 7.36. The Morgan fingerprint density at radius 2 is 2.00 bits per heavy atom. The van der Waals surface area contributed by atoms with Crippen molar-refractivity contribution in [1.29, 1.82) is 0 Å². The average molecular weight is 209 g/mol. The van der Waals surface area contributed by atoms with Gasteiger partial charge in [-0.25, -0.2) is 0 Å². The van der Waals surface area contributed by atoms with Crippen molar-refractivity contribution >= 4 is 0 Å². The lowest BCUT2D eigenvalue weighted by atomic mass is 10.2. The molecule has 0 heterocycles. The summed E-state index contributed by atoms with van der Waals surface area (Å²) in [5, 5.41) is 0. The quantitative estimate of drug-likeness (QED) is 0.698. The van der Waals surface area contributed by atoms with E-state index in [4.69, 9.17) is 15.2 Å². The average Bonchev–Trinajstić information content (AvgIpc) is 2.29. The van der Waals surface area contributed by atoms with Crippen molar-refractivity contribution in [2.24, 2.45) is 5.73 Å². The Balaban J connectivity index is 2.24. The number of benzene rings is 1. The minimum absolute atomic E-state index is 0.556. The smallest absolute Gasteiger partial charge is 0.119 e. The summed E-state index contributed by atoms with van der Waals surface area (Å²) in [7, 11) is 1.71. The Kier molecular flexibility index (Phi) is 5.81. The molecule has 0 unspecified atom stereocenters. The number of rotatable bonds is 7. The van der Waals surface area contributed by atoms with Gasteiger partial charge in [-0.3, -0.25) is 0 Å². The van der Waals surface area contributed by atoms with Crippen LogP contribution < -0.4 is 10.5 Å². The van der Waals surface area contributed by atoms with E-state index in [0.29, 0.717) is 6.54 Å². The molecule has 0 spiro atoms. The molecular weight excluding hydrogens is 190 g/mol. The second kappa shape index (κ2) is 7.26. The zero-order chi connectivity index (χ0) is 10.9. The number of methoxy groups -OCH3 is 1. The van der Waals surface area contributed by atoms with Crippen LogP contribution in [0.2, 0.25) is 0 Å². The van der Waals surface area contributed by atoms with E-state index in [1.165, 1.54) is 0 Å². The molecule has 0 aromatic heterocycles. The summed E-state index contributed by atoms with van der Waals surface area (Å²) in [5.74, 6) is 0.898. The fourth-order valence-electron chi connectivity index (χ4n) is 1.30. The molecule has 3 nitrogen and oxygen atoms in total. The van der Waals surface area contributed by atoms with Gasteiger partial charge in [-0.1, -0.05) is 12.1 Å². The highest BCUT2D eigenvalue weighted by Crippen LogP contribution is 2.13. The first-order valence-electron chi connectivity index (χ1n) is 5.27. The molecule has 2 N–H and O–H groups in total. The Hall–Kier alpha value is -1.06. The van der Waals surface area contributed by atoms with Crippen LogP contribution in [0.5, 0.6) is 5.75 Å². The van der Waals surface area contributed by atoms with Crippen LogP contribution in [-0.2, 0) is 11.3 Å². The number of ether oxygens (including phenoxy) is 2. The molecule has 0 aliphatic heterocycles. The van der Waals surface area contributed by atoms with E-state index < -0.39 is 0 Å². The van der Waals surface area contributed by atoms with E-state index in [0.717, 1.165) is 37.4 Å². The highest BCUT2D eigenvalue weighted by Gasteiger charge is 1.95. The van der Waals surface area contributed by atoms with Gasteiger partial charge in [-0.15, -0.1) is 0 Å². The minimum Gasteiger partial charge on any atom is -0.494 e. The summed E-state index contributed by atoms with van der Waals surface area (Å²) in [6, 6.07) is 7.90. The van der Waals surface area contributed by atoms with Gasteiger partial charge in [0.2, 0.25) is 0 Å². The summed E-state index contributed by atoms with van der Waals surface area (Å²) < 4.78 is 10.5. The van der Waals surface area contributed by atoms with Gasteiger partial charge >= 0.3 is 0 Å². The van der Waals surface area contributed by atoms with Crippen molar-refractivity contribution in [2.45, 2.75) is 19.4 Å². The lowest BCUT2D eigenvalue weighted by molar-refractivity contribution is 0.184. The fraction of sp³-hybridized carbons (Fsp3) is 0.500. The number of hydrogen-bond acceptors (Lipinski definition) is 3. The maximum absolute atomic E-state index is 5.58. The van der Waals surface area contributed by atoms with Crippen LogP contribution in [-0.4, -0.2) is 20.3 Å². The van der Waals surface area contributed by atoms with Crippen molar-refractivity contribution in [3.05, 3.63) is 29.8 Å². The molecule has 0 atom stereocenters. The van der Waals surface area contributed by atoms with Crippen LogP contribution >= 0.6 is 0 Å². The zero-order valence-electron chi connectivity index (χ0n) is 9.24. The molecule has 0 amide bonds. The molecule has 0 aliphatic carbocycles. The lowest BCUT2D eigenvalue weighted by Gasteiger charge is -2.06.